The van der Waals surface area contributed by atoms with Gasteiger partial charge in [-0.25, -0.2) is 0 Å². The molecule has 0 bridgehead atoms. The molecule has 4 nitrogen and oxygen atoms in total. The molecule has 0 unspecified atom stereocenters. The lowest BCUT2D eigenvalue weighted by molar-refractivity contribution is -0.112. The number of halogens is 1. The minimum atomic E-state index is -0.663. The van der Waals surface area contributed by atoms with Crippen LogP contribution in [0.3, 0.4) is 0 Å². The zero-order valence-corrected chi connectivity index (χ0v) is 8.42. The molecule has 70 valence electrons. The highest BCUT2D eigenvalue weighted by Gasteiger charge is 2.30. The van der Waals surface area contributed by atoms with E-state index in [-0.39, 0.29) is 0 Å². The molecular formula is C9H4BrNO3. The average Bonchev–Trinajstić information content (AvgIpc) is 2.43. The van der Waals surface area contributed by atoms with E-state index in [0.29, 0.717) is 27.6 Å². The highest BCUT2D eigenvalue weighted by molar-refractivity contribution is 9.10. The van der Waals surface area contributed by atoms with Crippen LogP contribution in [0.1, 0.15) is 20.7 Å². The second kappa shape index (κ2) is 3.02. The summed E-state index contributed by atoms with van der Waals surface area (Å²) in [6.45, 7) is 0. The number of benzene rings is 1. The summed E-state index contributed by atoms with van der Waals surface area (Å²) in [6, 6.07) is 2.97. The molecule has 0 aliphatic carbocycles. The van der Waals surface area contributed by atoms with E-state index in [1.54, 1.807) is 0 Å². The number of hydrogen-bond donors (Lipinski definition) is 1. The molecule has 1 amide bonds. The van der Waals surface area contributed by atoms with Crippen LogP contribution in [0.25, 0.3) is 0 Å². The van der Waals surface area contributed by atoms with Crippen LogP contribution in [0.5, 0.6) is 0 Å². The first kappa shape index (κ1) is 9.08. The number of Topliss-reactive ketones (excluding diaryl/α,β-unsaturated/α-hetero) is 1. The van der Waals surface area contributed by atoms with Gasteiger partial charge in [0.05, 0.1) is 11.3 Å². The van der Waals surface area contributed by atoms with E-state index >= 15 is 0 Å². The van der Waals surface area contributed by atoms with Crippen LogP contribution in [-0.4, -0.2) is 18.0 Å². The number of hydrogen-bond acceptors (Lipinski definition) is 3. The monoisotopic (exact) mass is 253 g/mol. The van der Waals surface area contributed by atoms with E-state index < -0.39 is 11.7 Å². The van der Waals surface area contributed by atoms with E-state index in [2.05, 4.69) is 21.2 Å². The van der Waals surface area contributed by atoms with Gasteiger partial charge in [0.25, 0.3) is 11.7 Å². The van der Waals surface area contributed by atoms with E-state index in [0.717, 1.165) is 0 Å². The number of rotatable bonds is 1. The molecule has 0 fully saturated rings. The fourth-order valence-electron chi connectivity index (χ4n) is 1.32. The summed E-state index contributed by atoms with van der Waals surface area (Å²) in [7, 11) is 0. The van der Waals surface area contributed by atoms with Crippen molar-refractivity contribution in [3.63, 3.8) is 0 Å². The molecule has 0 aromatic heterocycles. The minimum Gasteiger partial charge on any atom is -0.318 e. The maximum atomic E-state index is 11.3. The summed E-state index contributed by atoms with van der Waals surface area (Å²) >= 11 is 3.13. The summed E-state index contributed by atoms with van der Waals surface area (Å²) in [5, 5.41) is 2.39. The first-order valence-corrected chi connectivity index (χ1v) is 4.57. The molecule has 1 aromatic rings. The van der Waals surface area contributed by atoms with Gasteiger partial charge in [-0.2, -0.15) is 0 Å². The van der Waals surface area contributed by atoms with Gasteiger partial charge in [-0.1, -0.05) is 0 Å². The first-order valence-electron chi connectivity index (χ1n) is 3.78. The number of aldehydes is 1. The molecule has 0 spiro atoms. The molecule has 0 atom stereocenters. The van der Waals surface area contributed by atoms with E-state index in [1.807, 2.05) is 0 Å². The molecule has 5 heteroatoms. The van der Waals surface area contributed by atoms with Gasteiger partial charge in [0.15, 0.2) is 0 Å². The van der Waals surface area contributed by atoms with Crippen molar-refractivity contribution in [1.29, 1.82) is 0 Å². The molecule has 1 aliphatic rings. The highest BCUT2D eigenvalue weighted by atomic mass is 79.9. The van der Waals surface area contributed by atoms with Crippen LogP contribution in [0.2, 0.25) is 0 Å². The van der Waals surface area contributed by atoms with Gasteiger partial charge in [-0.15, -0.1) is 0 Å². The smallest absolute Gasteiger partial charge is 0.296 e. The third kappa shape index (κ3) is 1.17. The Morgan fingerprint density at radius 2 is 2.00 bits per heavy atom. The highest BCUT2D eigenvalue weighted by Crippen LogP contribution is 2.31. The molecule has 2 rings (SSSR count). The number of fused-ring (bicyclic) bond motifs is 1. The van der Waals surface area contributed by atoms with Crippen molar-refractivity contribution in [2.24, 2.45) is 0 Å². The molecule has 1 aliphatic heterocycles. The second-order valence-corrected chi connectivity index (χ2v) is 3.68. The molecule has 1 N–H and O–H groups in total. The quantitative estimate of drug-likeness (QED) is 0.608. The first-order chi connectivity index (χ1) is 6.63. The molecule has 0 saturated heterocycles. The lowest BCUT2D eigenvalue weighted by Gasteiger charge is -2.00. The third-order valence-corrected chi connectivity index (χ3v) is 2.56. The largest absolute Gasteiger partial charge is 0.318 e. The Labute approximate surface area is 87.4 Å². The fraction of sp³-hybridized carbons (Fsp3) is 0. The predicted molar refractivity (Wildman–Crippen MR) is 52.5 cm³/mol. The van der Waals surface area contributed by atoms with Crippen molar-refractivity contribution < 1.29 is 14.4 Å². The van der Waals surface area contributed by atoms with Crippen LogP contribution >= 0.6 is 15.9 Å². The van der Waals surface area contributed by atoms with E-state index in [1.165, 1.54) is 12.1 Å². The topological polar surface area (TPSA) is 63.2 Å². The molecule has 1 aromatic carbocycles. The van der Waals surface area contributed by atoms with Crippen molar-refractivity contribution in [3.8, 4) is 0 Å². The van der Waals surface area contributed by atoms with Crippen molar-refractivity contribution in [2.45, 2.75) is 0 Å². The van der Waals surface area contributed by atoms with Crippen molar-refractivity contribution in [1.82, 2.24) is 0 Å². The standard InChI is InChI=1S/C9H4BrNO3/c10-5-1-4(3-12)2-6-7(5)8(13)9(14)11-6/h1-3H,(H,11,13,14). The molecule has 0 saturated carbocycles. The van der Waals surface area contributed by atoms with E-state index in [4.69, 9.17) is 0 Å². The Bertz CT molecular complexity index is 467. The second-order valence-electron chi connectivity index (χ2n) is 2.83. The lowest BCUT2D eigenvalue weighted by Crippen LogP contribution is -2.12. The van der Waals surface area contributed by atoms with Crippen LogP contribution in [0, 0.1) is 0 Å². The van der Waals surface area contributed by atoms with E-state index in [9.17, 15) is 14.4 Å². The number of nitrogens with one attached hydrogen (secondary N) is 1. The maximum absolute atomic E-state index is 11.3. The summed E-state index contributed by atoms with van der Waals surface area (Å²) in [5.41, 5.74) is 1.09. The van der Waals surface area contributed by atoms with Gasteiger partial charge < -0.3 is 5.32 Å². The van der Waals surface area contributed by atoms with Gasteiger partial charge in [-0.05, 0) is 28.1 Å². The number of amides is 1. The van der Waals surface area contributed by atoms with Crippen molar-refractivity contribution >= 4 is 39.6 Å². The number of carbonyl (C=O) groups excluding carboxylic acids is 3. The van der Waals surface area contributed by atoms with Crippen LogP contribution in [0.4, 0.5) is 5.69 Å². The van der Waals surface area contributed by atoms with Gasteiger partial charge in [0.2, 0.25) is 0 Å². The third-order valence-electron chi connectivity index (χ3n) is 1.93. The summed E-state index contributed by atoms with van der Waals surface area (Å²) in [4.78, 5) is 32.8. The van der Waals surface area contributed by atoms with Crippen LogP contribution in [-0.2, 0) is 4.79 Å². The predicted octanol–water partition coefficient (Wildman–Crippen LogP) is 1.40. The Balaban J connectivity index is 2.68. The number of ketones is 1. The average molecular weight is 254 g/mol. The number of carbonyl (C=O) groups is 3. The Morgan fingerprint density at radius 1 is 1.29 bits per heavy atom. The SMILES string of the molecule is O=Cc1cc(Br)c2c(c1)NC(=O)C2=O. The molecule has 1 heterocycles. The number of anilines is 1. The Kier molecular flexibility index (Phi) is 1.96. The Morgan fingerprint density at radius 3 is 2.64 bits per heavy atom. The van der Waals surface area contributed by atoms with Gasteiger partial charge in [0.1, 0.15) is 6.29 Å². The van der Waals surface area contributed by atoms with Crippen LogP contribution < -0.4 is 5.32 Å². The molecular weight excluding hydrogens is 250 g/mol. The van der Waals surface area contributed by atoms with Gasteiger partial charge in [0, 0.05) is 10.0 Å². The van der Waals surface area contributed by atoms with Crippen LogP contribution in [0.15, 0.2) is 16.6 Å². The van der Waals surface area contributed by atoms with Gasteiger partial charge >= 0.3 is 0 Å². The van der Waals surface area contributed by atoms with Crippen molar-refractivity contribution in [3.05, 3.63) is 27.7 Å². The summed E-state index contributed by atoms with van der Waals surface area (Å²) in [5.74, 6) is -1.24. The minimum absolute atomic E-state index is 0.292. The van der Waals surface area contributed by atoms with Gasteiger partial charge in [-0.3, -0.25) is 14.4 Å². The zero-order valence-electron chi connectivity index (χ0n) is 6.83. The zero-order chi connectivity index (χ0) is 10.3. The Hall–Kier alpha value is -1.49. The fourth-order valence-corrected chi connectivity index (χ4v) is 1.98. The molecule has 0 radical (unpaired) electrons. The molecule has 14 heavy (non-hydrogen) atoms. The summed E-state index contributed by atoms with van der Waals surface area (Å²) < 4.78 is 0.459. The van der Waals surface area contributed by atoms with Crippen molar-refractivity contribution in [2.75, 3.05) is 5.32 Å². The lowest BCUT2D eigenvalue weighted by atomic mass is 10.1. The maximum Gasteiger partial charge on any atom is 0.296 e. The summed E-state index contributed by atoms with van der Waals surface area (Å²) in [6.07, 6.45) is 0.653. The normalized spacial score (nSPS) is 13.8.